The van der Waals surface area contributed by atoms with E-state index >= 15 is 0 Å². The standard InChI is InChI=1S/C28H26N2O4/c1-4-34-28(31)27-20(3)29(19(2)26(27)24-14-16-25(17-15-24)30(32)33)18-21-10-12-23(13-11-21)22-8-6-5-7-9-22/h5-17H,4,18H2,1-3H3. The van der Waals surface area contributed by atoms with Crippen molar-refractivity contribution in [3.05, 3.63) is 111 Å². The van der Waals surface area contributed by atoms with Crippen molar-refractivity contribution >= 4 is 11.7 Å². The highest BCUT2D eigenvalue weighted by molar-refractivity contribution is 6.00. The second-order valence-electron chi connectivity index (χ2n) is 8.09. The largest absolute Gasteiger partial charge is 0.462 e. The summed E-state index contributed by atoms with van der Waals surface area (Å²) < 4.78 is 7.45. The Kier molecular flexibility index (Phi) is 6.59. The zero-order chi connectivity index (χ0) is 24.2. The van der Waals surface area contributed by atoms with E-state index in [1.165, 1.54) is 12.1 Å². The number of benzene rings is 3. The summed E-state index contributed by atoms with van der Waals surface area (Å²) in [7, 11) is 0. The summed E-state index contributed by atoms with van der Waals surface area (Å²) in [4.78, 5) is 23.6. The zero-order valence-corrected chi connectivity index (χ0v) is 19.4. The number of carbonyl (C=O) groups is 1. The summed E-state index contributed by atoms with van der Waals surface area (Å²) in [5.41, 5.74) is 7.10. The molecular weight excluding hydrogens is 428 g/mol. The fourth-order valence-electron chi connectivity index (χ4n) is 4.29. The lowest BCUT2D eigenvalue weighted by Gasteiger charge is -2.11. The number of ether oxygens (including phenoxy) is 1. The van der Waals surface area contributed by atoms with E-state index < -0.39 is 10.9 Å². The van der Waals surface area contributed by atoms with Crippen LogP contribution in [-0.4, -0.2) is 22.1 Å². The summed E-state index contributed by atoms with van der Waals surface area (Å²) in [6.07, 6.45) is 0. The van der Waals surface area contributed by atoms with Gasteiger partial charge in [-0.2, -0.15) is 0 Å². The molecule has 0 unspecified atom stereocenters. The van der Waals surface area contributed by atoms with Crippen molar-refractivity contribution < 1.29 is 14.5 Å². The molecule has 0 saturated carbocycles. The van der Waals surface area contributed by atoms with E-state index in [4.69, 9.17) is 4.74 Å². The molecule has 0 bridgehead atoms. The molecule has 0 atom stereocenters. The van der Waals surface area contributed by atoms with Gasteiger partial charge < -0.3 is 9.30 Å². The van der Waals surface area contributed by atoms with Gasteiger partial charge >= 0.3 is 5.97 Å². The predicted octanol–water partition coefficient (Wildman–Crippen LogP) is 6.57. The minimum Gasteiger partial charge on any atom is -0.462 e. The van der Waals surface area contributed by atoms with E-state index in [1.807, 2.05) is 32.0 Å². The number of nitro benzene ring substituents is 1. The number of hydrogen-bond acceptors (Lipinski definition) is 4. The van der Waals surface area contributed by atoms with Crippen molar-refractivity contribution in [2.75, 3.05) is 6.61 Å². The third-order valence-electron chi connectivity index (χ3n) is 6.03. The molecule has 1 aromatic heterocycles. The second kappa shape index (κ2) is 9.75. The highest BCUT2D eigenvalue weighted by atomic mass is 16.6. The normalized spacial score (nSPS) is 10.8. The Balaban J connectivity index is 1.74. The first-order valence-electron chi connectivity index (χ1n) is 11.2. The molecule has 34 heavy (non-hydrogen) atoms. The molecule has 0 saturated heterocycles. The number of nitrogens with zero attached hydrogens (tertiary/aromatic N) is 2. The molecule has 0 spiro atoms. The van der Waals surface area contributed by atoms with Crippen LogP contribution in [0.5, 0.6) is 0 Å². The minimum atomic E-state index is -0.432. The molecule has 0 N–H and O–H groups in total. The van der Waals surface area contributed by atoms with Crippen molar-refractivity contribution in [3.63, 3.8) is 0 Å². The minimum absolute atomic E-state index is 0.00810. The van der Waals surface area contributed by atoms with Gasteiger partial charge in [0, 0.05) is 35.6 Å². The van der Waals surface area contributed by atoms with Crippen LogP contribution in [-0.2, 0) is 11.3 Å². The maximum atomic E-state index is 12.9. The third kappa shape index (κ3) is 4.48. The Labute approximate surface area is 198 Å². The topological polar surface area (TPSA) is 74.4 Å². The molecule has 3 aromatic carbocycles. The van der Waals surface area contributed by atoms with Gasteiger partial charge in [0.15, 0.2) is 0 Å². The predicted molar refractivity (Wildman–Crippen MR) is 133 cm³/mol. The van der Waals surface area contributed by atoms with E-state index in [2.05, 4.69) is 41.0 Å². The average Bonchev–Trinajstić information content (AvgIpc) is 3.10. The van der Waals surface area contributed by atoms with E-state index in [9.17, 15) is 14.9 Å². The SMILES string of the molecule is CCOC(=O)c1c(-c2ccc([N+](=O)[O-])cc2)c(C)n(Cc2ccc(-c3ccccc3)cc2)c1C. The molecule has 0 aliphatic heterocycles. The quantitative estimate of drug-likeness (QED) is 0.180. The van der Waals surface area contributed by atoms with Gasteiger partial charge in [0.05, 0.1) is 17.1 Å². The molecule has 4 rings (SSSR count). The van der Waals surface area contributed by atoms with E-state index in [0.29, 0.717) is 12.1 Å². The van der Waals surface area contributed by atoms with Crippen LogP contribution in [0.3, 0.4) is 0 Å². The Morgan fingerprint density at radius 2 is 1.44 bits per heavy atom. The van der Waals surface area contributed by atoms with Gasteiger partial charge in [0.2, 0.25) is 0 Å². The fraction of sp³-hybridized carbons (Fsp3) is 0.179. The highest BCUT2D eigenvalue weighted by Crippen LogP contribution is 2.34. The number of aromatic nitrogens is 1. The molecule has 0 amide bonds. The number of nitro groups is 1. The second-order valence-corrected chi connectivity index (χ2v) is 8.09. The Morgan fingerprint density at radius 1 is 0.853 bits per heavy atom. The molecule has 0 fully saturated rings. The van der Waals surface area contributed by atoms with Crippen LogP contribution in [0.1, 0.15) is 34.2 Å². The molecule has 6 nitrogen and oxygen atoms in total. The molecule has 0 aliphatic carbocycles. The van der Waals surface area contributed by atoms with E-state index in [1.54, 1.807) is 19.1 Å². The maximum Gasteiger partial charge on any atom is 0.340 e. The summed E-state index contributed by atoms with van der Waals surface area (Å²) >= 11 is 0. The summed E-state index contributed by atoms with van der Waals surface area (Å²) in [6, 6.07) is 24.9. The number of carbonyl (C=O) groups excluding carboxylic acids is 1. The first-order valence-corrected chi connectivity index (χ1v) is 11.2. The van der Waals surface area contributed by atoms with Crippen LogP contribution < -0.4 is 0 Å². The van der Waals surface area contributed by atoms with Crippen LogP contribution in [0.15, 0.2) is 78.9 Å². The van der Waals surface area contributed by atoms with Gasteiger partial charge in [-0.05, 0) is 55.2 Å². The Morgan fingerprint density at radius 3 is 2.03 bits per heavy atom. The lowest BCUT2D eigenvalue weighted by molar-refractivity contribution is -0.384. The van der Waals surface area contributed by atoms with Gasteiger partial charge in [0.1, 0.15) is 0 Å². The van der Waals surface area contributed by atoms with Crippen LogP contribution >= 0.6 is 0 Å². The summed E-state index contributed by atoms with van der Waals surface area (Å²) in [5.74, 6) is -0.394. The Bertz CT molecular complexity index is 1320. The van der Waals surface area contributed by atoms with Gasteiger partial charge in [-0.15, -0.1) is 0 Å². The highest BCUT2D eigenvalue weighted by Gasteiger charge is 2.25. The summed E-state index contributed by atoms with van der Waals surface area (Å²) in [6.45, 7) is 6.50. The average molecular weight is 455 g/mol. The number of hydrogen-bond donors (Lipinski definition) is 0. The molecular formula is C28H26N2O4. The molecule has 1 heterocycles. The number of rotatable bonds is 7. The van der Waals surface area contributed by atoms with Crippen molar-refractivity contribution in [2.45, 2.75) is 27.3 Å². The van der Waals surface area contributed by atoms with Gasteiger partial charge in [0.25, 0.3) is 5.69 Å². The molecule has 0 radical (unpaired) electrons. The molecule has 6 heteroatoms. The first-order chi connectivity index (χ1) is 16.4. The monoisotopic (exact) mass is 454 g/mol. The van der Waals surface area contributed by atoms with Crippen LogP contribution in [0.25, 0.3) is 22.3 Å². The van der Waals surface area contributed by atoms with Gasteiger partial charge in [-0.3, -0.25) is 10.1 Å². The number of esters is 1. The lowest BCUT2D eigenvalue weighted by Crippen LogP contribution is -2.09. The number of non-ortho nitro benzene ring substituents is 1. The van der Waals surface area contributed by atoms with Crippen LogP contribution in [0.2, 0.25) is 0 Å². The Hall–Kier alpha value is -4.19. The first kappa shape index (κ1) is 23.0. The van der Waals surface area contributed by atoms with Crippen molar-refractivity contribution in [1.82, 2.24) is 4.57 Å². The molecule has 0 aliphatic rings. The van der Waals surface area contributed by atoms with E-state index in [0.717, 1.165) is 39.2 Å². The molecule has 172 valence electrons. The van der Waals surface area contributed by atoms with Crippen LogP contribution in [0, 0.1) is 24.0 Å². The molecule has 4 aromatic rings. The zero-order valence-electron chi connectivity index (χ0n) is 19.4. The summed E-state index contributed by atoms with van der Waals surface area (Å²) in [5, 5.41) is 11.1. The maximum absolute atomic E-state index is 12.9. The fourth-order valence-corrected chi connectivity index (χ4v) is 4.29. The van der Waals surface area contributed by atoms with Crippen molar-refractivity contribution in [1.29, 1.82) is 0 Å². The smallest absolute Gasteiger partial charge is 0.340 e. The van der Waals surface area contributed by atoms with Gasteiger partial charge in [-0.25, -0.2) is 4.79 Å². The van der Waals surface area contributed by atoms with Crippen molar-refractivity contribution in [2.24, 2.45) is 0 Å². The van der Waals surface area contributed by atoms with E-state index in [-0.39, 0.29) is 12.3 Å². The van der Waals surface area contributed by atoms with Crippen LogP contribution in [0.4, 0.5) is 5.69 Å². The third-order valence-corrected chi connectivity index (χ3v) is 6.03. The van der Waals surface area contributed by atoms with Crippen molar-refractivity contribution in [3.8, 4) is 22.3 Å². The van der Waals surface area contributed by atoms with Gasteiger partial charge in [-0.1, -0.05) is 54.6 Å². The lowest BCUT2D eigenvalue weighted by atomic mass is 10.0.